The van der Waals surface area contributed by atoms with Gasteiger partial charge in [0.2, 0.25) is 11.8 Å². The third-order valence-electron chi connectivity index (χ3n) is 6.42. The topological polar surface area (TPSA) is 105 Å². The Bertz CT molecular complexity index is 1430. The maximum absolute atomic E-state index is 14.0. The van der Waals surface area contributed by atoms with Gasteiger partial charge in [-0.3, -0.25) is 13.9 Å². The highest BCUT2D eigenvalue weighted by molar-refractivity contribution is 7.92. The van der Waals surface area contributed by atoms with Gasteiger partial charge in [-0.1, -0.05) is 41.9 Å². The van der Waals surface area contributed by atoms with Gasteiger partial charge in [0, 0.05) is 23.7 Å². The molecule has 0 saturated heterocycles. The van der Waals surface area contributed by atoms with E-state index in [4.69, 9.17) is 21.1 Å². The van der Waals surface area contributed by atoms with Crippen LogP contribution in [0.5, 0.6) is 11.5 Å². The summed E-state index contributed by atoms with van der Waals surface area (Å²) in [5, 5.41) is 3.25. The Morgan fingerprint density at radius 1 is 0.902 bits per heavy atom. The van der Waals surface area contributed by atoms with Crippen LogP contribution >= 0.6 is 11.6 Å². The fourth-order valence-electron chi connectivity index (χ4n) is 4.22. The van der Waals surface area contributed by atoms with Gasteiger partial charge >= 0.3 is 0 Å². The van der Waals surface area contributed by atoms with E-state index in [0.717, 1.165) is 9.87 Å². The molecule has 220 valence electrons. The lowest BCUT2D eigenvalue weighted by molar-refractivity contribution is -0.139. The molecule has 0 heterocycles. The van der Waals surface area contributed by atoms with Crippen molar-refractivity contribution < 1.29 is 27.5 Å². The van der Waals surface area contributed by atoms with Crippen molar-refractivity contribution in [1.82, 2.24) is 10.2 Å². The molecule has 0 fully saturated rings. The zero-order valence-corrected chi connectivity index (χ0v) is 25.4. The second kappa shape index (κ2) is 14.2. The van der Waals surface area contributed by atoms with Crippen molar-refractivity contribution in [2.45, 2.75) is 44.2 Å². The molecule has 0 unspecified atom stereocenters. The lowest BCUT2D eigenvalue weighted by Crippen LogP contribution is -2.53. The van der Waals surface area contributed by atoms with E-state index in [9.17, 15) is 18.0 Å². The maximum atomic E-state index is 14.0. The second-order valence-electron chi connectivity index (χ2n) is 9.67. The summed E-state index contributed by atoms with van der Waals surface area (Å²) in [6.45, 7) is 4.96. The Balaban J connectivity index is 2.02. The predicted molar refractivity (Wildman–Crippen MR) is 160 cm³/mol. The number of carbonyl (C=O) groups is 2. The first-order chi connectivity index (χ1) is 19.5. The highest BCUT2D eigenvalue weighted by atomic mass is 35.5. The number of halogens is 1. The molecule has 41 heavy (non-hydrogen) atoms. The molecule has 0 aliphatic carbocycles. The third kappa shape index (κ3) is 8.14. The molecule has 9 nitrogen and oxygen atoms in total. The van der Waals surface area contributed by atoms with Gasteiger partial charge in [-0.2, -0.15) is 0 Å². The molecule has 0 bridgehead atoms. The number of methoxy groups -OCH3 is 2. The minimum Gasteiger partial charge on any atom is -0.493 e. The summed E-state index contributed by atoms with van der Waals surface area (Å²) in [4.78, 5) is 28.2. The normalized spacial score (nSPS) is 12.0. The van der Waals surface area contributed by atoms with E-state index in [0.29, 0.717) is 17.2 Å². The standard InChI is InChI=1S/C30H36ClN3O6S/c1-21(2)32-30(36)22(3)33(18-17-23-9-7-6-8-10-23)29(35)20-34(25-13-11-24(31)12-14-25)41(37,38)26-15-16-27(39-4)28(19-26)40-5/h6-16,19,21-22H,17-18,20H2,1-5H3,(H,32,36)/t22-/m1/s1. The van der Waals surface area contributed by atoms with Crippen LogP contribution in [0.1, 0.15) is 26.3 Å². The molecular weight excluding hydrogens is 566 g/mol. The summed E-state index contributed by atoms with van der Waals surface area (Å²) >= 11 is 6.08. The van der Waals surface area contributed by atoms with E-state index in [-0.39, 0.29) is 34.8 Å². The van der Waals surface area contributed by atoms with Crippen LogP contribution in [-0.4, -0.2) is 64.5 Å². The number of nitrogens with zero attached hydrogens (tertiary/aromatic N) is 2. The van der Waals surface area contributed by atoms with E-state index < -0.39 is 28.5 Å². The van der Waals surface area contributed by atoms with Crippen molar-refractivity contribution in [2.75, 3.05) is 31.6 Å². The quantitative estimate of drug-likeness (QED) is 0.308. The van der Waals surface area contributed by atoms with Crippen LogP contribution in [0.15, 0.2) is 77.7 Å². The van der Waals surface area contributed by atoms with Gasteiger partial charge in [-0.15, -0.1) is 0 Å². The number of sulfonamides is 1. The van der Waals surface area contributed by atoms with Crippen LogP contribution in [0.4, 0.5) is 5.69 Å². The molecule has 2 amide bonds. The van der Waals surface area contributed by atoms with Gasteiger partial charge in [0.15, 0.2) is 11.5 Å². The molecule has 3 aromatic carbocycles. The van der Waals surface area contributed by atoms with Crippen LogP contribution in [0.3, 0.4) is 0 Å². The number of rotatable bonds is 13. The molecule has 0 aromatic heterocycles. The number of hydrogen-bond acceptors (Lipinski definition) is 6. The minimum atomic E-state index is -4.28. The average molecular weight is 602 g/mol. The van der Waals surface area contributed by atoms with Gasteiger partial charge in [0.25, 0.3) is 10.0 Å². The third-order valence-corrected chi connectivity index (χ3v) is 8.44. The largest absolute Gasteiger partial charge is 0.493 e. The van der Waals surface area contributed by atoms with Crippen molar-refractivity contribution in [3.8, 4) is 11.5 Å². The Morgan fingerprint density at radius 3 is 2.12 bits per heavy atom. The van der Waals surface area contributed by atoms with Crippen molar-refractivity contribution in [2.24, 2.45) is 0 Å². The van der Waals surface area contributed by atoms with Crippen LogP contribution in [0.2, 0.25) is 5.02 Å². The molecule has 11 heteroatoms. The Labute approximate surface area is 247 Å². The Kier molecular flexibility index (Phi) is 11.0. The van der Waals surface area contributed by atoms with Gasteiger partial charge in [0.1, 0.15) is 12.6 Å². The zero-order chi connectivity index (χ0) is 30.2. The molecule has 3 aromatic rings. The molecule has 0 spiro atoms. The van der Waals surface area contributed by atoms with Gasteiger partial charge in [0.05, 0.1) is 24.8 Å². The number of amides is 2. The lowest BCUT2D eigenvalue weighted by Gasteiger charge is -2.32. The van der Waals surface area contributed by atoms with Gasteiger partial charge in [-0.05, 0) is 69.2 Å². The van der Waals surface area contributed by atoms with Crippen molar-refractivity contribution in [3.63, 3.8) is 0 Å². The number of benzene rings is 3. The van der Waals surface area contributed by atoms with E-state index in [2.05, 4.69) is 5.32 Å². The smallest absolute Gasteiger partial charge is 0.264 e. The summed E-state index contributed by atoms with van der Waals surface area (Å²) < 4.78 is 39.6. The summed E-state index contributed by atoms with van der Waals surface area (Å²) in [7, 11) is -1.42. The lowest BCUT2D eigenvalue weighted by atomic mass is 10.1. The summed E-state index contributed by atoms with van der Waals surface area (Å²) in [6.07, 6.45) is 0.481. The summed E-state index contributed by atoms with van der Waals surface area (Å²) in [5.41, 5.74) is 1.22. The van der Waals surface area contributed by atoms with E-state index in [1.165, 1.54) is 49.5 Å². The molecule has 3 rings (SSSR count). The fourth-order valence-corrected chi connectivity index (χ4v) is 5.77. The number of nitrogens with one attached hydrogen (secondary N) is 1. The zero-order valence-electron chi connectivity index (χ0n) is 23.8. The SMILES string of the molecule is COc1ccc(S(=O)(=O)N(CC(=O)N(CCc2ccccc2)[C@H](C)C(=O)NC(C)C)c2ccc(Cl)cc2)cc1OC. The molecule has 0 aliphatic rings. The highest BCUT2D eigenvalue weighted by Crippen LogP contribution is 2.32. The number of carbonyl (C=O) groups excluding carboxylic acids is 2. The summed E-state index contributed by atoms with van der Waals surface area (Å²) in [5.74, 6) is -0.286. The van der Waals surface area contributed by atoms with E-state index in [1.54, 1.807) is 19.1 Å². The van der Waals surface area contributed by atoms with Gasteiger partial charge < -0.3 is 19.7 Å². The van der Waals surface area contributed by atoms with Crippen molar-refractivity contribution in [3.05, 3.63) is 83.4 Å². The number of ether oxygens (including phenoxy) is 2. The first-order valence-electron chi connectivity index (χ1n) is 13.1. The van der Waals surface area contributed by atoms with Crippen LogP contribution < -0.4 is 19.1 Å². The Hall–Kier alpha value is -3.76. The van der Waals surface area contributed by atoms with Gasteiger partial charge in [-0.25, -0.2) is 8.42 Å². The van der Waals surface area contributed by atoms with Crippen molar-refractivity contribution >= 4 is 39.1 Å². The predicted octanol–water partition coefficient (Wildman–Crippen LogP) is 4.54. The van der Waals surface area contributed by atoms with Crippen molar-refractivity contribution in [1.29, 1.82) is 0 Å². The van der Waals surface area contributed by atoms with Crippen LogP contribution in [0, 0.1) is 0 Å². The molecular formula is C30H36ClN3O6S. The van der Waals surface area contributed by atoms with E-state index in [1.807, 2.05) is 44.2 Å². The van der Waals surface area contributed by atoms with Crippen LogP contribution in [-0.2, 0) is 26.0 Å². The highest BCUT2D eigenvalue weighted by Gasteiger charge is 2.33. The second-order valence-corrected chi connectivity index (χ2v) is 12.0. The van der Waals surface area contributed by atoms with E-state index >= 15 is 0 Å². The molecule has 1 atom stereocenters. The minimum absolute atomic E-state index is 0.0978. The molecule has 1 N–H and O–H groups in total. The number of anilines is 1. The monoisotopic (exact) mass is 601 g/mol. The average Bonchev–Trinajstić information content (AvgIpc) is 2.96. The Morgan fingerprint density at radius 2 is 1.54 bits per heavy atom. The summed E-state index contributed by atoms with van der Waals surface area (Å²) in [6, 6.07) is 18.9. The maximum Gasteiger partial charge on any atom is 0.264 e. The number of hydrogen-bond donors (Lipinski definition) is 1. The molecule has 0 saturated carbocycles. The first kappa shape index (κ1) is 31.8. The first-order valence-corrected chi connectivity index (χ1v) is 14.9. The fraction of sp³-hybridized carbons (Fsp3) is 0.333. The molecule has 0 aliphatic heterocycles. The van der Waals surface area contributed by atoms with Crippen LogP contribution in [0.25, 0.3) is 0 Å². The molecule has 0 radical (unpaired) electrons.